The van der Waals surface area contributed by atoms with Gasteiger partial charge >= 0.3 is 12.1 Å². The Morgan fingerprint density at radius 1 is 1.24 bits per heavy atom. The maximum Gasteiger partial charge on any atom is 0.493 e. The predicted octanol–water partition coefficient (Wildman–Crippen LogP) is 2.23. The summed E-state index contributed by atoms with van der Waals surface area (Å²) in [6.07, 6.45) is -5.28. The smallest absolute Gasteiger partial charge is 0.484 e. The third-order valence-corrected chi connectivity index (χ3v) is 5.67. The molecule has 2 aliphatic rings. The lowest BCUT2D eigenvalue weighted by Gasteiger charge is -2.31. The fourth-order valence-corrected chi connectivity index (χ4v) is 3.89. The van der Waals surface area contributed by atoms with Crippen molar-refractivity contribution in [2.24, 2.45) is 0 Å². The SMILES string of the molecule is Cc1c2c(nn(OC(=O)C(F)(F)F)[n+]1=O)COc1cc(-c3ccccc3)c(NC3CNC3)cc1-2. The molecule has 2 aromatic carbocycles. The van der Waals surface area contributed by atoms with Crippen molar-refractivity contribution in [1.82, 2.24) is 15.4 Å². The number of nitrogens with one attached hydrogen (secondary N) is 2. The van der Waals surface area contributed by atoms with Crippen molar-refractivity contribution in [3.05, 3.63) is 58.8 Å². The van der Waals surface area contributed by atoms with Gasteiger partial charge in [-0.2, -0.15) is 13.2 Å². The van der Waals surface area contributed by atoms with Crippen LogP contribution in [0.4, 0.5) is 18.9 Å². The van der Waals surface area contributed by atoms with E-state index in [1.807, 2.05) is 42.5 Å². The van der Waals surface area contributed by atoms with Gasteiger partial charge in [-0.15, -0.1) is 0 Å². The van der Waals surface area contributed by atoms with E-state index in [9.17, 15) is 22.9 Å². The van der Waals surface area contributed by atoms with Gasteiger partial charge in [-0.05, 0) is 22.6 Å². The molecule has 2 aliphatic heterocycles. The van der Waals surface area contributed by atoms with E-state index in [1.165, 1.54) is 6.92 Å². The van der Waals surface area contributed by atoms with Crippen molar-refractivity contribution >= 4 is 11.7 Å². The number of carbonyl (C=O) groups is 1. The summed E-state index contributed by atoms with van der Waals surface area (Å²) in [7, 11) is 0. The van der Waals surface area contributed by atoms with Crippen molar-refractivity contribution in [1.29, 1.82) is 0 Å². The first-order chi connectivity index (χ1) is 16.2. The Balaban J connectivity index is 1.62. The fraction of sp³-hybridized carbons (Fsp3) is 0.273. The summed E-state index contributed by atoms with van der Waals surface area (Å²) in [5, 5.41) is 10.5. The normalized spacial score (nSPS) is 14.9. The number of ether oxygens (including phenoxy) is 1. The molecule has 34 heavy (non-hydrogen) atoms. The Labute approximate surface area is 190 Å². The first kappa shape index (κ1) is 21.9. The van der Waals surface area contributed by atoms with Gasteiger partial charge in [-0.1, -0.05) is 30.3 Å². The van der Waals surface area contributed by atoms with Crippen LogP contribution in [-0.2, 0) is 11.4 Å². The summed E-state index contributed by atoms with van der Waals surface area (Å²) in [5.41, 5.74) is 3.81. The molecule has 12 heteroatoms. The molecule has 3 aromatic rings. The average Bonchev–Trinajstić information content (AvgIpc) is 2.78. The molecule has 0 unspecified atom stereocenters. The average molecular weight is 474 g/mol. The third-order valence-electron chi connectivity index (χ3n) is 5.67. The Bertz CT molecular complexity index is 1340. The van der Waals surface area contributed by atoms with Gasteiger partial charge in [-0.3, -0.25) is 4.84 Å². The van der Waals surface area contributed by atoms with Crippen LogP contribution in [0.25, 0.3) is 22.3 Å². The van der Waals surface area contributed by atoms with Gasteiger partial charge in [0.15, 0.2) is 12.3 Å². The number of alkyl halides is 3. The molecule has 5 rings (SSSR count). The van der Waals surface area contributed by atoms with Crippen LogP contribution in [0.15, 0.2) is 42.5 Å². The molecule has 176 valence electrons. The van der Waals surface area contributed by atoms with Crippen molar-refractivity contribution in [2.75, 3.05) is 18.4 Å². The number of rotatable bonds is 4. The van der Waals surface area contributed by atoms with E-state index in [2.05, 4.69) is 20.6 Å². The van der Waals surface area contributed by atoms with Crippen LogP contribution in [-0.4, -0.2) is 41.3 Å². The number of nitrogens with zero attached hydrogens (tertiary/aromatic N) is 3. The zero-order valence-electron chi connectivity index (χ0n) is 17.8. The fourth-order valence-electron chi connectivity index (χ4n) is 3.89. The van der Waals surface area contributed by atoms with Crippen LogP contribution in [0.3, 0.4) is 0 Å². The molecule has 1 fully saturated rings. The number of benzene rings is 2. The second-order valence-corrected chi connectivity index (χ2v) is 7.96. The number of anilines is 1. The minimum absolute atomic E-state index is 0.00559. The highest BCUT2D eigenvalue weighted by molar-refractivity contribution is 5.88. The zero-order chi connectivity index (χ0) is 24.0. The molecule has 9 nitrogen and oxygen atoms in total. The van der Waals surface area contributed by atoms with Crippen LogP contribution in [0, 0.1) is 11.8 Å². The first-order valence-corrected chi connectivity index (χ1v) is 10.4. The Morgan fingerprint density at radius 3 is 2.62 bits per heavy atom. The summed E-state index contributed by atoms with van der Waals surface area (Å²) in [5.74, 6) is -2.06. The number of carbonyl (C=O) groups excluding carboxylic acids is 1. The van der Waals surface area contributed by atoms with Crippen LogP contribution in [0.5, 0.6) is 5.75 Å². The number of aromatic nitrogens is 3. The quantitative estimate of drug-likeness (QED) is 0.560. The van der Waals surface area contributed by atoms with Gasteiger partial charge in [0.1, 0.15) is 10.3 Å². The van der Waals surface area contributed by atoms with E-state index >= 15 is 0 Å². The maximum absolute atomic E-state index is 12.6. The molecule has 3 heterocycles. The van der Waals surface area contributed by atoms with Gasteiger partial charge in [-0.25, -0.2) is 4.79 Å². The lowest BCUT2D eigenvalue weighted by Crippen LogP contribution is -2.51. The van der Waals surface area contributed by atoms with Crippen molar-refractivity contribution in [3.63, 3.8) is 0 Å². The largest absolute Gasteiger partial charge is 0.493 e. The van der Waals surface area contributed by atoms with Crippen LogP contribution < -0.4 is 24.7 Å². The predicted molar refractivity (Wildman–Crippen MR) is 113 cm³/mol. The monoisotopic (exact) mass is 474 g/mol. The van der Waals surface area contributed by atoms with Crippen molar-refractivity contribution in [3.8, 4) is 28.0 Å². The zero-order valence-corrected chi connectivity index (χ0v) is 17.8. The number of halogens is 3. The van der Waals surface area contributed by atoms with E-state index in [4.69, 9.17) is 4.74 Å². The van der Waals surface area contributed by atoms with Crippen molar-refractivity contribution in [2.45, 2.75) is 25.7 Å². The Hall–Kier alpha value is -3.93. The maximum atomic E-state index is 12.6. The summed E-state index contributed by atoms with van der Waals surface area (Å²) >= 11 is 0. The van der Waals surface area contributed by atoms with Gasteiger partial charge in [0.2, 0.25) is 10.7 Å². The number of hydrogen-bond donors (Lipinski definition) is 2. The van der Waals surface area contributed by atoms with Crippen molar-refractivity contribution < 1.29 is 32.1 Å². The second kappa shape index (κ2) is 8.13. The minimum atomic E-state index is -5.28. The first-order valence-electron chi connectivity index (χ1n) is 10.4. The van der Waals surface area contributed by atoms with Gasteiger partial charge in [0, 0.05) is 36.8 Å². The van der Waals surface area contributed by atoms with E-state index in [1.54, 1.807) is 0 Å². The van der Waals surface area contributed by atoms with E-state index in [0.717, 1.165) is 29.9 Å². The molecule has 1 aromatic heterocycles. The van der Waals surface area contributed by atoms with E-state index < -0.39 is 12.1 Å². The molecule has 0 bridgehead atoms. The third kappa shape index (κ3) is 3.85. The molecule has 0 saturated carbocycles. The highest BCUT2D eigenvalue weighted by Crippen LogP contribution is 2.44. The number of hydrogen-bond acceptors (Lipinski definition) is 7. The highest BCUT2D eigenvalue weighted by Gasteiger charge is 2.44. The highest BCUT2D eigenvalue weighted by atomic mass is 19.4. The lowest BCUT2D eigenvalue weighted by molar-refractivity contribution is -0.646. The molecule has 0 amide bonds. The van der Waals surface area contributed by atoms with Crippen LogP contribution in [0.1, 0.15) is 11.4 Å². The molecule has 0 radical (unpaired) electrons. The molecule has 1 saturated heterocycles. The summed E-state index contributed by atoms with van der Waals surface area (Å²) in [6, 6.07) is 13.6. The Kier molecular flexibility index (Phi) is 5.24. The molecular weight excluding hydrogens is 455 g/mol. The minimum Gasteiger partial charge on any atom is -0.484 e. The van der Waals surface area contributed by atoms with Crippen LogP contribution in [0.2, 0.25) is 0 Å². The van der Waals surface area contributed by atoms with Gasteiger partial charge in [0.25, 0.3) is 0 Å². The van der Waals surface area contributed by atoms with E-state index in [0.29, 0.717) is 16.9 Å². The lowest BCUT2D eigenvalue weighted by atomic mass is 9.94. The number of fused-ring (bicyclic) bond motifs is 3. The van der Waals surface area contributed by atoms with Gasteiger partial charge in [0.05, 0.1) is 16.7 Å². The summed E-state index contributed by atoms with van der Waals surface area (Å²) in [4.78, 5) is 28.0. The summed E-state index contributed by atoms with van der Waals surface area (Å²) in [6.45, 7) is 2.88. The molecule has 2 N–H and O–H groups in total. The van der Waals surface area contributed by atoms with Gasteiger partial charge < -0.3 is 15.4 Å². The molecule has 0 aliphatic carbocycles. The molecule has 0 atom stereocenters. The molecule has 0 spiro atoms. The van der Waals surface area contributed by atoms with Crippen LogP contribution >= 0.6 is 0 Å². The topological polar surface area (TPSA) is 100 Å². The summed E-state index contributed by atoms with van der Waals surface area (Å²) < 4.78 is 43.7. The van der Waals surface area contributed by atoms with E-state index in [-0.39, 0.29) is 33.5 Å². The molecular formula is C22H19F3N5O4+. The second-order valence-electron chi connectivity index (χ2n) is 7.96. The standard InChI is InChI=1S/C22H19F3N5O4/c1-12-20-16-7-17(27-14-9-26-10-14)15(13-5-3-2-4-6-13)8-19(16)33-11-18(20)28-30(29(12)32)34-21(31)22(23,24)25/h2-8,14,26-27H,9-11H2,1H3/q+1. The Morgan fingerprint density at radius 2 is 1.97 bits per heavy atom.